The van der Waals surface area contributed by atoms with Crippen LogP contribution in [0.4, 0.5) is 4.79 Å². The van der Waals surface area contributed by atoms with Gasteiger partial charge < -0.3 is 14.7 Å². The molecule has 17 heavy (non-hydrogen) atoms. The quantitative estimate of drug-likeness (QED) is 0.764. The Labute approximate surface area is 103 Å². The molecule has 1 saturated heterocycles. The number of piperidine rings is 1. The number of likely N-dealkylation sites (tertiary alicyclic amines) is 1. The number of hydrogen-bond acceptors (Lipinski definition) is 3. The number of carbonyl (C=O) groups is 1. The van der Waals surface area contributed by atoms with E-state index in [9.17, 15) is 9.90 Å². The van der Waals surface area contributed by atoms with Gasteiger partial charge in [0.1, 0.15) is 5.60 Å². The number of amides is 1. The molecule has 0 unspecified atom stereocenters. The fraction of sp³-hybridized carbons (Fsp3) is 0.923. The molecule has 0 aromatic rings. The summed E-state index contributed by atoms with van der Waals surface area (Å²) in [5.41, 5.74) is -0.442. The van der Waals surface area contributed by atoms with Crippen LogP contribution in [0.25, 0.3) is 0 Å². The van der Waals surface area contributed by atoms with Gasteiger partial charge in [-0.25, -0.2) is 4.79 Å². The Morgan fingerprint density at radius 2 is 1.94 bits per heavy atom. The van der Waals surface area contributed by atoms with Crippen LogP contribution in [0.2, 0.25) is 0 Å². The number of nitrogens with zero attached hydrogens (tertiary/aromatic N) is 1. The first-order valence-corrected chi connectivity index (χ1v) is 6.53. The standard InChI is InChI=1S/C13H23NO3/c1-13(2,3)17-12(16)14-7-6-11(15)10(8-14)9-4-5-9/h9-11,15H,4-8H2,1-3H3/t10-,11-/m1/s1. The molecule has 0 aromatic carbocycles. The van der Waals surface area contributed by atoms with E-state index < -0.39 is 5.60 Å². The number of ether oxygens (including phenoxy) is 1. The summed E-state index contributed by atoms with van der Waals surface area (Å²) in [5, 5.41) is 9.93. The number of aliphatic hydroxyl groups excluding tert-OH is 1. The average Bonchev–Trinajstić information content (AvgIpc) is 2.99. The van der Waals surface area contributed by atoms with Crippen molar-refractivity contribution in [3.8, 4) is 0 Å². The van der Waals surface area contributed by atoms with Gasteiger partial charge in [0.2, 0.25) is 0 Å². The molecule has 0 bridgehead atoms. The molecule has 1 saturated carbocycles. The summed E-state index contributed by atoms with van der Waals surface area (Å²) in [4.78, 5) is 13.7. The van der Waals surface area contributed by atoms with Gasteiger partial charge in [0.05, 0.1) is 6.10 Å². The van der Waals surface area contributed by atoms with Crippen molar-refractivity contribution in [3.05, 3.63) is 0 Å². The van der Waals surface area contributed by atoms with Crippen LogP contribution in [-0.2, 0) is 4.74 Å². The van der Waals surface area contributed by atoms with Crippen LogP contribution in [-0.4, -0.2) is 40.9 Å². The monoisotopic (exact) mass is 241 g/mol. The highest BCUT2D eigenvalue weighted by atomic mass is 16.6. The SMILES string of the molecule is CC(C)(C)OC(=O)N1CC[C@@H](O)[C@@H](C2CC2)C1. The van der Waals surface area contributed by atoms with E-state index in [2.05, 4.69) is 0 Å². The molecule has 4 nitrogen and oxygen atoms in total. The van der Waals surface area contributed by atoms with Crippen molar-refractivity contribution >= 4 is 6.09 Å². The Morgan fingerprint density at radius 3 is 2.47 bits per heavy atom. The molecule has 98 valence electrons. The van der Waals surface area contributed by atoms with Crippen molar-refractivity contribution in [3.63, 3.8) is 0 Å². The second-order valence-corrected chi connectivity index (χ2v) is 6.28. The summed E-state index contributed by atoms with van der Waals surface area (Å²) >= 11 is 0. The summed E-state index contributed by atoms with van der Waals surface area (Å²) in [6.45, 7) is 6.90. The van der Waals surface area contributed by atoms with Crippen LogP contribution in [0, 0.1) is 11.8 Å². The van der Waals surface area contributed by atoms with Crippen LogP contribution in [0.15, 0.2) is 0 Å². The summed E-state index contributed by atoms with van der Waals surface area (Å²) in [5.74, 6) is 0.881. The normalized spacial score (nSPS) is 30.2. The van der Waals surface area contributed by atoms with Crippen molar-refractivity contribution in [2.24, 2.45) is 11.8 Å². The highest BCUT2D eigenvalue weighted by Gasteiger charge is 2.41. The largest absolute Gasteiger partial charge is 0.444 e. The number of rotatable bonds is 1. The Kier molecular flexibility index (Phi) is 3.34. The lowest BCUT2D eigenvalue weighted by Crippen LogP contribution is -2.48. The van der Waals surface area contributed by atoms with Crippen LogP contribution >= 0.6 is 0 Å². The zero-order valence-corrected chi connectivity index (χ0v) is 11.0. The Balaban J connectivity index is 1.91. The molecule has 2 fully saturated rings. The van der Waals surface area contributed by atoms with Crippen LogP contribution in [0.1, 0.15) is 40.0 Å². The van der Waals surface area contributed by atoms with Gasteiger partial charge in [0.25, 0.3) is 0 Å². The molecule has 1 amide bonds. The highest BCUT2D eigenvalue weighted by molar-refractivity contribution is 5.68. The third-order valence-electron chi connectivity index (χ3n) is 3.50. The fourth-order valence-electron chi connectivity index (χ4n) is 2.45. The summed E-state index contributed by atoms with van der Waals surface area (Å²) < 4.78 is 5.37. The maximum Gasteiger partial charge on any atom is 0.410 e. The molecule has 2 rings (SSSR count). The predicted octanol–water partition coefficient (Wildman–Crippen LogP) is 2.01. The maximum absolute atomic E-state index is 11.9. The Hall–Kier alpha value is -0.770. The van der Waals surface area contributed by atoms with Crippen LogP contribution in [0.3, 0.4) is 0 Å². The van der Waals surface area contributed by atoms with Crippen LogP contribution < -0.4 is 0 Å². The first-order valence-electron chi connectivity index (χ1n) is 6.53. The molecule has 2 aliphatic rings. The van der Waals surface area contributed by atoms with E-state index in [0.29, 0.717) is 25.4 Å². The zero-order chi connectivity index (χ0) is 12.6. The molecule has 1 heterocycles. The lowest BCUT2D eigenvalue weighted by atomic mass is 9.90. The summed E-state index contributed by atoms with van der Waals surface area (Å²) in [6.07, 6.45) is 2.60. The Bertz CT molecular complexity index is 294. The van der Waals surface area contributed by atoms with Gasteiger partial charge in [-0.05, 0) is 46.0 Å². The van der Waals surface area contributed by atoms with Gasteiger partial charge >= 0.3 is 6.09 Å². The van der Waals surface area contributed by atoms with Gasteiger partial charge in [0, 0.05) is 19.0 Å². The van der Waals surface area contributed by atoms with Crippen LogP contribution in [0.5, 0.6) is 0 Å². The van der Waals surface area contributed by atoms with E-state index >= 15 is 0 Å². The van der Waals surface area contributed by atoms with Crippen molar-refractivity contribution in [2.45, 2.75) is 51.7 Å². The first kappa shape index (κ1) is 12.7. The minimum atomic E-state index is -0.442. The van der Waals surface area contributed by atoms with E-state index in [4.69, 9.17) is 4.74 Å². The topological polar surface area (TPSA) is 49.8 Å². The molecule has 1 aliphatic carbocycles. The minimum Gasteiger partial charge on any atom is -0.444 e. The molecular weight excluding hydrogens is 218 g/mol. The first-order chi connectivity index (χ1) is 7.87. The molecule has 1 aliphatic heterocycles. The van der Waals surface area contributed by atoms with Gasteiger partial charge in [-0.1, -0.05) is 0 Å². The number of carbonyl (C=O) groups excluding carboxylic acids is 1. The van der Waals surface area contributed by atoms with Crippen molar-refractivity contribution in [1.82, 2.24) is 4.90 Å². The second kappa shape index (κ2) is 4.48. The Morgan fingerprint density at radius 1 is 1.29 bits per heavy atom. The summed E-state index contributed by atoms with van der Waals surface area (Å²) in [6, 6.07) is 0. The molecule has 0 radical (unpaired) electrons. The second-order valence-electron chi connectivity index (χ2n) is 6.28. The number of aliphatic hydroxyl groups is 1. The predicted molar refractivity (Wildman–Crippen MR) is 64.6 cm³/mol. The van der Waals surface area contributed by atoms with Crippen molar-refractivity contribution < 1.29 is 14.6 Å². The molecular formula is C13H23NO3. The highest BCUT2D eigenvalue weighted by Crippen LogP contribution is 2.41. The summed E-state index contributed by atoms with van der Waals surface area (Å²) in [7, 11) is 0. The van der Waals surface area contributed by atoms with Gasteiger partial charge in [0.15, 0.2) is 0 Å². The van der Waals surface area contributed by atoms with Crippen molar-refractivity contribution in [1.29, 1.82) is 0 Å². The zero-order valence-electron chi connectivity index (χ0n) is 11.0. The van der Waals surface area contributed by atoms with E-state index in [1.54, 1.807) is 4.90 Å². The van der Waals surface area contributed by atoms with E-state index in [1.807, 2.05) is 20.8 Å². The average molecular weight is 241 g/mol. The minimum absolute atomic E-state index is 0.235. The molecule has 1 N–H and O–H groups in total. The molecule has 4 heteroatoms. The smallest absolute Gasteiger partial charge is 0.410 e. The number of hydrogen-bond donors (Lipinski definition) is 1. The lowest BCUT2D eigenvalue weighted by molar-refractivity contribution is -0.0128. The third-order valence-corrected chi connectivity index (χ3v) is 3.50. The maximum atomic E-state index is 11.9. The molecule has 0 spiro atoms. The lowest BCUT2D eigenvalue weighted by Gasteiger charge is -2.37. The third kappa shape index (κ3) is 3.35. The van der Waals surface area contributed by atoms with Gasteiger partial charge in [-0.3, -0.25) is 0 Å². The van der Waals surface area contributed by atoms with E-state index in [1.165, 1.54) is 12.8 Å². The van der Waals surface area contributed by atoms with Gasteiger partial charge in [-0.15, -0.1) is 0 Å². The fourth-order valence-corrected chi connectivity index (χ4v) is 2.45. The van der Waals surface area contributed by atoms with Gasteiger partial charge in [-0.2, -0.15) is 0 Å². The molecule has 0 aromatic heterocycles. The molecule has 2 atom stereocenters. The van der Waals surface area contributed by atoms with E-state index in [-0.39, 0.29) is 18.1 Å². The van der Waals surface area contributed by atoms with E-state index in [0.717, 1.165) is 0 Å². The van der Waals surface area contributed by atoms with Crippen molar-refractivity contribution in [2.75, 3.05) is 13.1 Å².